The number of benzene rings is 1. The molecule has 1 aromatic carbocycles. The predicted octanol–water partition coefficient (Wildman–Crippen LogP) is 2.21. The number of anilines is 1. The van der Waals surface area contributed by atoms with Crippen LogP contribution in [0.3, 0.4) is 0 Å². The topological polar surface area (TPSA) is 104 Å². The number of carbonyl (C=O) groups is 1. The lowest BCUT2D eigenvalue weighted by Crippen LogP contribution is -2.42. The Kier molecular flexibility index (Phi) is 5.65. The summed E-state index contributed by atoms with van der Waals surface area (Å²) < 4.78 is 53.5. The molecule has 2 saturated heterocycles. The smallest absolute Gasteiger partial charge is 0.286 e. The van der Waals surface area contributed by atoms with Crippen LogP contribution in [0.5, 0.6) is 0 Å². The maximum Gasteiger partial charge on any atom is 0.286 e. The Morgan fingerprint density at radius 1 is 1.20 bits per heavy atom. The van der Waals surface area contributed by atoms with E-state index in [1.807, 2.05) is 11.8 Å². The van der Waals surface area contributed by atoms with Crippen molar-refractivity contribution in [2.45, 2.75) is 56.4 Å². The van der Waals surface area contributed by atoms with Crippen molar-refractivity contribution in [2.75, 3.05) is 29.5 Å². The fourth-order valence-corrected chi connectivity index (χ4v) is 7.51. The first kappa shape index (κ1) is 21.3. The van der Waals surface area contributed by atoms with Crippen LogP contribution in [-0.4, -0.2) is 64.1 Å². The van der Waals surface area contributed by atoms with Gasteiger partial charge in [-0.05, 0) is 43.9 Å². The van der Waals surface area contributed by atoms with E-state index >= 15 is 0 Å². The van der Waals surface area contributed by atoms with E-state index in [4.69, 9.17) is 0 Å². The van der Waals surface area contributed by atoms with Gasteiger partial charge in [0.25, 0.3) is 15.9 Å². The molecule has 0 N–H and O–H groups in total. The van der Waals surface area contributed by atoms with Crippen LogP contribution in [0.25, 0.3) is 0 Å². The molecule has 1 aromatic rings. The Morgan fingerprint density at radius 2 is 2.00 bits per heavy atom. The largest absolute Gasteiger partial charge is 0.335 e. The summed E-state index contributed by atoms with van der Waals surface area (Å²) in [7, 11) is -7.02. The second-order valence-electron chi connectivity index (χ2n) is 8.18. The van der Waals surface area contributed by atoms with Gasteiger partial charge in [-0.2, -0.15) is 8.42 Å². The second-order valence-corrected chi connectivity index (χ2v) is 12.0. The first-order valence-corrected chi connectivity index (χ1v) is 13.7. The molecule has 0 unspecified atom stereocenters. The lowest BCUT2D eigenvalue weighted by atomic mass is 10.1. The van der Waals surface area contributed by atoms with Crippen molar-refractivity contribution in [3.8, 4) is 0 Å². The van der Waals surface area contributed by atoms with E-state index in [1.54, 1.807) is 17.0 Å². The van der Waals surface area contributed by atoms with Gasteiger partial charge < -0.3 is 9.80 Å². The summed E-state index contributed by atoms with van der Waals surface area (Å²) in [5.74, 6) is 0.282. The monoisotopic (exact) mass is 453 g/mol. The molecule has 164 valence electrons. The molecule has 0 spiro atoms. The van der Waals surface area contributed by atoms with Crippen molar-refractivity contribution in [3.05, 3.63) is 23.8 Å². The molecule has 1 atom stereocenters. The molecule has 3 aliphatic heterocycles. The summed E-state index contributed by atoms with van der Waals surface area (Å²) in [5.41, 5.74) is 0.826. The molecule has 3 aliphatic rings. The van der Waals surface area contributed by atoms with E-state index in [0.717, 1.165) is 19.3 Å². The number of carbonyl (C=O) groups excluding carboxylic acids is 1. The van der Waals surface area contributed by atoms with Gasteiger partial charge >= 0.3 is 0 Å². The Bertz CT molecular complexity index is 1100. The minimum absolute atomic E-state index is 0.0383. The molecule has 3 heterocycles. The Hall–Kier alpha value is -1.94. The predicted molar refractivity (Wildman–Crippen MR) is 115 cm³/mol. The maximum atomic E-state index is 13.3. The second kappa shape index (κ2) is 7.96. The molecule has 0 aromatic heterocycles. The number of sulfone groups is 1. The summed E-state index contributed by atoms with van der Waals surface area (Å²) in [4.78, 5) is 16.8. The summed E-state index contributed by atoms with van der Waals surface area (Å²) in [6, 6.07) is 4.38. The average Bonchev–Trinajstić information content (AvgIpc) is 2.90. The van der Waals surface area contributed by atoms with E-state index in [1.165, 1.54) is 6.07 Å². The van der Waals surface area contributed by atoms with Gasteiger partial charge in [-0.3, -0.25) is 4.79 Å². The van der Waals surface area contributed by atoms with Gasteiger partial charge in [0.2, 0.25) is 0 Å². The minimum atomic E-state index is -3.88. The molecular formula is C20H27N3O5S2. The van der Waals surface area contributed by atoms with Gasteiger partial charge in [0.1, 0.15) is 10.7 Å². The van der Waals surface area contributed by atoms with Crippen LogP contribution in [0.4, 0.5) is 5.69 Å². The third-order valence-electron chi connectivity index (χ3n) is 5.97. The Labute approximate surface area is 177 Å². The van der Waals surface area contributed by atoms with Crippen LogP contribution < -0.4 is 4.90 Å². The van der Waals surface area contributed by atoms with Gasteiger partial charge in [-0.25, -0.2) is 8.42 Å². The molecule has 1 amide bonds. The highest BCUT2D eigenvalue weighted by Crippen LogP contribution is 2.35. The molecular weight excluding hydrogens is 426 g/mol. The average molecular weight is 454 g/mol. The standard InChI is InChI=1S/C20H27N3O5S2/c1-2-10-22(16-9-12-29(25,26)14-16)20(24)15-7-8-17-18(13-15)30(27,28)21-19-6-4-3-5-11-23(17)19/h7-8,13,16H,2-6,9-12,14H2,1H3/t16-/m0/s1. The lowest BCUT2D eigenvalue weighted by molar-refractivity contribution is 0.0697. The van der Waals surface area contributed by atoms with Crippen molar-refractivity contribution < 1.29 is 21.6 Å². The van der Waals surface area contributed by atoms with Gasteiger partial charge in [-0.1, -0.05) is 13.3 Å². The zero-order chi connectivity index (χ0) is 21.5. The highest BCUT2D eigenvalue weighted by molar-refractivity contribution is 7.91. The third kappa shape index (κ3) is 3.99. The number of amidine groups is 1. The molecule has 0 aliphatic carbocycles. The van der Waals surface area contributed by atoms with Crippen LogP contribution in [0.15, 0.2) is 27.5 Å². The zero-order valence-electron chi connectivity index (χ0n) is 17.1. The van der Waals surface area contributed by atoms with Crippen molar-refractivity contribution >= 4 is 37.3 Å². The van der Waals surface area contributed by atoms with E-state index < -0.39 is 19.9 Å². The quantitative estimate of drug-likeness (QED) is 0.692. The van der Waals surface area contributed by atoms with Crippen LogP contribution in [0.2, 0.25) is 0 Å². The molecule has 8 nitrogen and oxygen atoms in total. The van der Waals surface area contributed by atoms with Crippen molar-refractivity contribution in [2.24, 2.45) is 4.40 Å². The van der Waals surface area contributed by atoms with E-state index in [-0.39, 0.29) is 33.9 Å². The van der Waals surface area contributed by atoms with Crippen LogP contribution in [0, 0.1) is 0 Å². The minimum Gasteiger partial charge on any atom is -0.335 e. The van der Waals surface area contributed by atoms with Crippen molar-refractivity contribution in [1.29, 1.82) is 0 Å². The number of fused-ring (bicyclic) bond motifs is 3. The maximum absolute atomic E-state index is 13.3. The van der Waals surface area contributed by atoms with Crippen LogP contribution in [-0.2, 0) is 19.9 Å². The number of hydrogen-bond acceptors (Lipinski definition) is 6. The highest BCUT2D eigenvalue weighted by Gasteiger charge is 2.36. The molecule has 30 heavy (non-hydrogen) atoms. The number of rotatable bonds is 4. The molecule has 0 saturated carbocycles. The molecule has 0 bridgehead atoms. The molecule has 10 heteroatoms. The third-order valence-corrected chi connectivity index (χ3v) is 9.05. The normalized spacial score (nSPS) is 24.4. The number of sulfonamides is 1. The molecule has 4 rings (SSSR count). The van der Waals surface area contributed by atoms with Crippen LogP contribution >= 0.6 is 0 Å². The number of nitrogens with zero attached hydrogens (tertiary/aromatic N) is 3. The Balaban J connectivity index is 1.69. The lowest BCUT2D eigenvalue weighted by Gasteiger charge is -2.31. The summed E-state index contributed by atoms with van der Waals surface area (Å²) in [6.45, 7) is 3.06. The SMILES string of the molecule is CCCN(C(=O)c1ccc2c(c1)S(=O)(=O)N=C1CCCCCN12)[C@H]1CCS(=O)(=O)C1. The first-order chi connectivity index (χ1) is 14.2. The van der Waals surface area contributed by atoms with Crippen LogP contribution in [0.1, 0.15) is 55.8 Å². The highest BCUT2D eigenvalue weighted by atomic mass is 32.2. The summed E-state index contributed by atoms with van der Waals surface area (Å²) in [6.07, 6.45) is 4.62. The van der Waals surface area contributed by atoms with E-state index in [9.17, 15) is 21.6 Å². The first-order valence-electron chi connectivity index (χ1n) is 10.5. The van der Waals surface area contributed by atoms with E-state index in [0.29, 0.717) is 43.9 Å². The van der Waals surface area contributed by atoms with Crippen molar-refractivity contribution in [3.63, 3.8) is 0 Å². The fraction of sp³-hybridized carbons (Fsp3) is 0.600. The van der Waals surface area contributed by atoms with Crippen molar-refractivity contribution in [1.82, 2.24) is 4.90 Å². The van der Waals surface area contributed by atoms with Gasteiger partial charge in [-0.15, -0.1) is 4.40 Å². The number of amides is 1. The molecule has 0 radical (unpaired) electrons. The van der Waals surface area contributed by atoms with Gasteiger partial charge in [0.05, 0.1) is 17.2 Å². The molecule has 2 fully saturated rings. The fourth-order valence-electron chi connectivity index (χ4n) is 4.49. The van der Waals surface area contributed by atoms with Gasteiger partial charge in [0, 0.05) is 31.1 Å². The number of hydrogen-bond donors (Lipinski definition) is 0. The van der Waals surface area contributed by atoms with E-state index in [2.05, 4.69) is 4.40 Å². The Morgan fingerprint density at radius 3 is 2.70 bits per heavy atom. The van der Waals surface area contributed by atoms with Gasteiger partial charge in [0.15, 0.2) is 9.84 Å². The zero-order valence-corrected chi connectivity index (χ0v) is 18.7. The summed E-state index contributed by atoms with van der Waals surface area (Å²) in [5, 5.41) is 0. The summed E-state index contributed by atoms with van der Waals surface area (Å²) >= 11 is 0.